The van der Waals surface area contributed by atoms with Crippen LogP contribution in [0.25, 0.3) is 0 Å². The van der Waals surface area contributed by atoms with Crippen molar-refractivity contribution in [1.29, 1.82) is 0 Å². The van der Waals surface area contributed by atoms with Gasteiger partial charge in [-0.3, -0.25) is 4.79 Å². The Bertz CT molecular complexity index is 395. The zero-order chi connectivity index (χ0) is 12.1. The largest absolute Gasteiger partial charge is 0.371 e. The van der Waals surface area contributed by atoms with Crippen LogP contribution in [0.2, 0.25) is 0 Å². The van der Waals surface area contributed by atoms with E-state index in [0.29, 0.717) is 4.51 Å². The van der Waals surface area contributed by atoms with Gasteiger partial charge in [0.25, 0.3) is 0 Å². The number of hydrogen-bond donors (Lipinski definition) is 0. The molecule has 1 aromatic rings. The van der Waals surface area contributed by atoms with E-state index in [4.69, 9.17) is 12.2 Å². The highest BCUT2D eigenvalue weighted by molar-refractivity contribution is 7.71. The maximum absolute atomic E-state index is 11.3. The molecule has 0 bridgehead atoms. The Labute approximate surface area is 102 Å². The fourth-order valence-corrected chi connectivity index (χ4v) is 2.00. The first kappa shape index (κ1) is 13.3. The van der Waals surface area contributed by atoms with Crippen LogP contribution in [0.15, 0.2) is 10.9 Å². The summed E-state index contributed by atoms with van der Waals surface area (Å²) in [4.78, 5) is 15.7. The molecule has 90 valence electrons. The van der Waals surface area contributed by atoms with Crippen molar-refractivity contribution in [2.75, 3.05) is 38.6 Å². The molecule has 0 heterocycles. The summed E-state index contributed by atoms with van der Waals surface area (Å²) in [6.45, 7) is 5.30. The molecule has 0 N–H and O–H groups in total. The van der Waals surface area contributed by atoms with E-state index in [1.165, 1.54) is 6.42 Å². The Morgan fingerprint density at radius 2 is 1.94 bits per heavy atom. The second kappa shape index (κ2) is 6.11. The summed E-state index contributed by atoms with van der Waals surface area (Å²) in [6.07, 6.45) is 2.26. The first-order valence-electron chi connectivity index (χ1n) is 5.76. The van der Waals surface area contributed by atoms with Crippen molar-refractivity contribution in [3.8, 4) is 0 Å². The lowest BCUT2D eigenvalue weighted by Gasteiger charge is -2.22. The molecule has 1 aromatic carbocycles. The normalized spacial score (nSPS) is 11.2. The molecule has 0 unspecified atom stereocenters. The zero-order valence-electron chi connectivity index (χ0n) is 10.3. The highest BCUT2D eigenvalue weighted by Gasteiger charge is 2.10. The van der Waals surface area contributed by atoms with Crippen molar-refractivity contribution in [2.45, 2.75) is 19.8 Å². The third-order valence-electron chi connectivity index (χ3n) is 2.77. The molecule has 0 amide bonds. The number of anilines is 1. The minimum atomic E-state index is 0.0272. The van der Waals surface area contributed by atoms with Crippen molar-refractivity contribution < 1.29 is 0 Å². The van der Waals surface area contributed by atoms with E-state index in [-0.39, 0.29) is 5.43 Å². The maximum Gasteiger partial charge on any atom is 0.219 e. The minimum absolute atomic E-state index is 0.0272. The predicted molar refractivity (Wildman–Crippen MR) is 71.6 cm³/mol. The van der Waals surface area contributed by atoms with E-state index in [0.717, 1.165) is 31.7 Å². The molecule has 0 aliphatic rings. The van der Waals surface area contributed by atoms with Crippen LogP contribution in [0.3, 0.4) is 0 Å². The van der Waals surface area contributed by atoms with Crippen molar-refractivity contribution >= 4 is 17.9 Å². The molecule has 16 heavy (non-hydrogen) atoms. The molecule has 3 nitrogen and oxygen atoms in total. The van der Waals surface area contributed by atoms with Crippen molar-refractivity contribution in [3.05, 3.63) is 20.8 Å². The molecular formula is C12H20N2OS. The van der Waals surface area contributed by atoms with Gasteiger partial charge < -0.3 is 9.80 Å². The summed E-state index contributed by atoms with van der Waals surface area (Å²) in [5.41, 5.74) is 0.794. The first-order chi connectivity index (χ1) is 7.56. The smallest absolute Gasteiger partial charge is 0.219 e. The number of rotatable bonds is 7. The maximum atomic E-state index is 11.3. The van der Waals surface area contributed by atoms with Gasteiger partial charge in [-0.25, -0.2) is 0 Å². The van der Waals surface area contributed by atoms with Crippen LogP contribution in [-0.2, 0) is 0 Å². The van der Waals surface area contributed by atoms with Crippen LogP contribution in [0.1, 0.15) is 19.8 Å². The molecule has 1 rings (SSSR count). The predicted octanol–water partition coefficient (Wildman–Crippen LogP) is 1.82. The molecule has 0 aliphatic carbocycles. The zero-order valence-corrected chi connectivity index (χ0v) is 11.1. The average Bonchev–Trinajstić information content (AvgIpc) is 2.25. The summed E-state index contributed by atoms with van der Waals surface area (Å²) in [5, 5.41) is 0. The molecule has 0 fully saturated rings. The topological polar surface area (TPSA) is 23.6 Å². The molecule has 0 saturated heterocycles. The number of nitrogens with zero attached hydrogens (tertiary/aromatic N) is 2. The van der Waals surface area contributed by atoms with Crippen LogP contribution in [0.4, 0.5) is 5.69 Å². The van der Waals surface area contributed by atoms with Crippen LogP contribution in [-0.4, -0.2) is 38.6 Å². The van der Waals surface area contributed by atoms with E-state index in [2.05, 4.69) is 18.9 Å². The third kappa shape index (κ3) is 3.39. The third-order valence-corrected chi connectivity index (χ3v) is 3.08. The van der Waals surface area contributed by atoms with Crippen LogP contribution in [0, 0.1) is 4.51 Å². The second-order valence-electron chi connectivity index (χ2n) is 4.30. The Morgan fingerprint density at radius 1 is 1.25 bits per heavy atom. The van der Waals surface area contributed by atoms with Crippen LogP contribution < -0.4 is 10.3 Å². The average molecular weight is 240 g/mol. The van der Waals surface area contributed by atoms with E-state index in [9.17, 15) is 4.79 Å². The SMILES string of the molecule is CCCN(C)CCCN(C)c1cc(=S)c1=O. The summed E-state index contributed by atoms with van der Waals surface area (Å²) in [6, 6.07) is 1.79. The molecule has 0 spiro atoms. The van der Waals surface area contributed by atoms with Gasteiger partial charge in [0, 0.05) is 13.6 Å². The van der Waals surface area contributed by atoms with Crippen molar-refractivity contribution in [3.63, 3.8) is 0 Å². The Balaban J connectivity index is 2.27. The van der Waals surface area contributed by atoms with Gasteiger partial charge in [-0.1, -0.05) is 19.1 Å². The Hall–Kier alpha value is -0.740. The van der Waals surface area contributed by atoms with Gasteiger partial charge in [0.15, 0.2) is 0 Å². The molecule has 0 radical (unpaired) electrons. The minimum Gasteiger partial charge on any atom is -0.371 e. The van der Waals surface area contributed by atoms with Gasteiger partial charge in [-0.15, -0.1) is 0 Å². The highest BCUT2D eigenvalue weighted by Crippen LogP contribution is 2.10. The van der Waals surface area contributed by atoms with Crippen LogP contribution >= 0.6 is 12.2 Å². The van der Waals surface area contributed by atoms with Gasteiger partial charge in [0.2, 0.25) is 5.43 Å². The molecular weight excluding hydrogens is 220 g/mol. The summed E-state index contributed by atoms with van der Waals surface area (Å²) in [7, 11) is 4.08. The number of hydrogen-bond acceptors (Lipinski definition) is 4. The molecule has 0 aromatic heterocycles. The fourth-order valence-electron chi connectivity index (χ4n) is 1.78. The summed E-state index contributed by atoms with van der Waals surface area (Å²) in [5.74, 6) is 0. The van der Waals surface area contributed by atoms with E-state index >= 15 is 0 Å². The van der Waals surface area contributed by atoms with Crippen LogP contribution in [0.5, 0.6) is 0 Å². The molecule has 0 saturated carbocycles. The first-order valence-corrected chi connectivity index (χ1v) is 6.17. The molecule has 0 aliphatic heterocycles. The van der Waals surface area contributed by atoms with Gasteiger partial charge in [-0.2, -0.15) is 0 Å². The van der Waals surface area contributed by atoms with E-state index < -0.39 is 0 Å². The summed E-state index contributed by atoms with van der Waals surface area (Å²) < 4.78 is 0.463. The lowest BCUT2D eigenvalue weighted by atomic mass is 10.2. The quantitative estimate of drug-likeness (QED) is 0.678. The standard InChI is InChI=1S/C12H20N2OS/c1-4-6-13(2)7-5-8-14(3)10-9-11(16)12(10)15/h9H,4-8H2,1-3H3. The second-order valence-corrected chi connectivity index (χ2v) is 4.74. The van der Waals surface area contributed by atoms with Gasteiger partial charge in [0.1, 0.15) is 0 Å². The lowest BCUT2D eigenvalue weighted by Crippen LogP contribution is -2.30. The van der Waals surface area contributed by atoms with Crippen molar-refractivity contribution in [1.82, 2.24) is 4.90 Å². The fraction of sp³-hybridized carbons (Fsp3) is 0.667. The van der Waals surface area contributed by atoms with Crippen molar-refractivity contribution in [2.24, 2.45) is 0 Å². The Morgan fingerprint density at radius 3 is 2.44 bits per heavy atom. The van der Waals surface area contributed by atoms with E-state index in [1.54, 1.807) is 6.07 Å². The molecule has 4 heteroatoms. The van der Waals surface area contributed by atoms with Gasteiger partial charge in [0.05, 0.1) is 10.2 Å². The van der Waals surface area contributed by atoms with Gasteiger partial charge >= 0.3 is 0 Å². The highest BCUT2D eigenvalue weighted by atomic mass is 32.1. The lowest BCUT2D eigenvalue weighted by molar-refractivity contribution is 0.331. The monoisotopic (exact) mass is 240 g/mol. The van der Waals surface area contributed by atoms with Gasteiger partial charge in [-0.05, 0) is 39.0 Å². The van der Waals surface area contributed by atoms with E-state index in [1.807, 2.05) is 11.9 Å². The summed E-state index contributed by atoms with van der Waals surface area (Å²) >= 11 is 4.83. The molecule has 0 atom stereocenters. The Kier molecular flexibility index (Phi) is 5.09.